The van der Waals surface area contributed by atoms with Gasteiger partial charge in [-0.25, -0.2) is 4.68 Å². The van der Waals surface area contributed by atoms with Crippen LogP contribution in [0.25, 0.3) is 23.0 Å². The van der Waals surface area contributed by atoms with E-state index in [1.807, 2.05) is 90.0 Å². The van der Waals surface area contributed by atoms with E-state index in [1.54, 1.807) is 22.9 Å². The third kappa shape index (κ3) is 5.28. The largest absolute Gasteiger partial charge is 0.337 e. The minimum atomic E-state index is -0.316. The first-order chi connectivity index (χ1) is 17.7. The van der Waals surface area contributed by atoms with E-state index in [0.717, 1.165) is 41.8 Å². The van der Waals surface area contributed by atoms with Gasteiger partial charge in [-0.15, -0.1) is 0 Å². The van der Waals surface area contributed by atoms with E-state index in [4.69, 9.17) is 5.10 Å². The van der Waals surface area contributed by atoms with Gasteiger partial charge in [-0.05, 0) is 49.6 Å². The zero-order chi connectivity index (χ0) is 24.7. The number of likely N-dealkylation sites (tertiary alicyclic amines) is 1. The van der Waals surface area contributed by atoms with Gasteiger partial charge in [0.25, 0.3) is 11.8 Å². The smallest absolute Gasteiger partial charge is 0.270 e. The molecule has 1 aliphatic rings. The summed E-state index contributed by atoms with van der Waals surface area (Å²) in [5.41, 5.74) is 4.06. The highest BCUT2D eigenvalue weighted by atomic mass is 16.2. The van der Waals surface area contributed by atoms with Gasteiger partial charge in [-0.3, -0.25) is 9.59 Å². The molecule has 180 valence electrons. The van der Waals surface area contributed by atoms with Crippen molar-refractivity contribution in [2.45, 2.75) is 19.3 Å². The average molecular weight is 477 g/mol. The lowest BCUT2D eigenvalue weighted by atomic mass is 10.1. The third-order valence-corrected chi connectivity index (χ3v) is 6.27. The fourth-order valence-corrected chi connectivity index (χ4v) is 4.38. The first-order valence-corrected chi connectivity index (χ1v) is 12.3. The summed E-state index contributed by atoms with van der Waals surface area (Å²) in [4.78, 5) is 28.5. The summed E-state index contributed by atoms with van der Waals surface area (Å²) in [6, 6.07) is 28.6. The molecule has 3 aromatic carbocycles. The van der Waals surface area contributed by atoms with Crippen molar-refractivity contribution < 1.29 is 9.59 Å². The maximum Gasteiger partial charge on any atom is 0.270 e. The number of nitrogens with zero attached hydrogens (tertiary/aromatic N) is 3. The summed E-state index contributed by atoms with van der Waals surface area (Å²) in [5, 5.41) is 7.75. The highest BCUT2D eigenvalue weighted by Crippen LogP contribution is 2.26. The van der Waals surface area contributed by atoms with Crippen LogP contribution < -0.4 is 5.32 Å². The molecule has 0 bridgehead atoms. The number of para-hydroxylation sites is 1. The minimum Gasteiger partial charge on any atom is -0.337 e. The molecule has 1 aromatic heterocycles. The second-order valence-corrected chi connectivity index (χ2v) is 8.81. The van der Waals surface area contributed by atoms with Crippen LogP contribution in [0.1, 0.15) is 35.2 Å². The number of carbonyl (C=O) groups excluding carboxylic acids is 2. The number of hydrogen-bond acceptors (Lipinski definition) is 3. The normalized spacial score (nSPS) is 13.9. The van der Waals surface area contributed by atoms with Gasteiger partial charge in [0.2, 0.25) is 0 Å². The number of benzene rings is 3. The quantitative estimate of drug-likeness (QED) is 0.383. The van der Waals surface area contributed by atoms with Crippen LogP contribution in [0.5, 0.6) is 0 Å². The summed E-state index contributed by atoms with van der Waals surface area (Å²) in [5.74, 6) is -0.491. The number of carbonyl (C=O) groups is 2. The van der Waals surface area contributed by atoms with E-state index in [9.17, 15) is 9.59 Å². The Kier molecular flexibility index (Phi) is 7.03. The molecule has 1 saturated heterocycles. The molecule has 2 heterocycles. The first kappa shape index (κ1) is 23.3. The van der Waals surface area contributed by atoms with E-state index < -0.39 is 0 Å². The molecule has 6 nitrogen and oxygen atoms in total. The summed E-state index contributed by atoms with van der Waals surface area (Å²) < 4.78 is 1.80. The van der Waals surface area contributed by atoms with Gasteiger partial charge >= 0.3 is 0 Å². The Bertz CT molecular complexity index is 1360. The van der Waals surface area contributed by atoms with Crippen LogP contribution in [-0.4, -0.2) is 39.6 Å². The molecule has 36 heavy (non-hydrogen) atoms. The van der Waals surface area contributed by atoms with E-state index in [2.05, 4.69) is 5.32 Å². The van der Waals surface area contributed by atoms with Crippen LogP contribution in [0.15, 0.2) is 103 Å². The van der Waals surface area contributed by atoms with E-state index >= 15 is 0 Å². The highest BCUT2D eigenvalue weighted by Gasteiger charge is 2.23. The summed E-state index contributed by atoms with van der Waals surface area (Å²) in [6.45, 7) is 1.37. The molecule has 1 N–H and O–H groups in total. The van der Waals surface area contributed by atoms with Gasteiger partial charge in [0.05, 0.1) is 5.69 Å². The number of nitrogens with one attached hydrogen (secondary N) is 1. The van der Waals surface area contributed by atoms with Gasteiger partial charge in [-0.2, -0.15) is 5.10 Å². The minimum absolute atomic E-state index is 0.176. The van der Waals surface area contributed by atoms with Crippen molar-refractivity contribution in [1.29, 1.82) is 0 Å². The van der Waals surface area contributed by atoms with Crippen molar-refractivity contribution in [2.24, 2.45) is 0 Å². The monoisotopic (exact) mass is 476 g/mol. The molecule has 0 radical (unpaired) electrons. The van der Waals surface area contributed by atoms with Crippen LogP contribution in [0.4, 0.5) is 0 Å². The lowest BCUT2D eigenvalue weighted by Crippen LogP contribution is -2.41. The molecule has 0 aliphatic carbocycles. The molecule has 0 unspecified atom stereocenters. The number of rotatable bonds is 6. The molecule has 2 amide bonds. The standard InChI is InChI=1S/C30H28N4O2/c35-29(24-15-7-2-8-16-24)31-27(30(36)33-19-11-4-12-20-33)21-25-22-34(26-17-9-3-10-18-26)32-28(25)23-13-5-1-6-14-23/h1-3,5-10,13-18,21-22H,4,11-12,19-20H2,(H,31,35)/b27-21-. The van der Waals surface area contributed by atoms with Gasteiger partial charge < -0.3 is 10.2 Å². The lowest BCUT2D eigenvalue weighted by molar-refractivity contribution is -0.128. The van der Waals surface area contributed by atoms with Crippen LogP contribution >= 0.6 is 0 Å². The van der Waals surface area contributed by atoms with Gasteiger partial charge in [0.15, 0.2) is 0 Å². The first-order valence-electron chi connectivity index (χ1n) is 12.3. The Morgan fingerprint density at radius 2 is 1.39 bits per heavy atom. The van der Waals surface area contributed by atoms with Gasteiger partial charge in [0, 0.05) is 36.0 Å². The topological polar surface area (TPSA) is 67.2 Å². The second-order valence-electron chi connectivity index (χ2n) is 8.81. The molecule has 1 fully saturated rings. The van der Waals surface area contributed by atoms with Crippen LogP contribution in [-0.2, 0) is 4.79 Å². The van der Waals surface area contributed by atoms with Crippen molar-refractivity contribution in [3.63, 3.8) is 0 Å². The summed E-state index contributed by atoms with van der Waals surface area (Å²) in [7, 11) is 0. The lowest BCUT2D eigenvalue weighted by Gasteiger charge is -2.27. The Morgan fingerprint density at radius 3 is 2.06 bits per heavy atom. The zero-order valence-electron chi connectivity index (χ0n) is 20.0. The Balaban J connectivity index is 1.58. The predicted molar refractivity (Wildman–Crippen MR) is 141 cm³/mol. The van der Waals surface area contributed by atoms with E-state index in [1.165, 1.54) is 0 Å². The molecule has 0 saturated carbocycles. The van der Waals surface area contributed by atoms with Crippen molar-refractivity contribution in [1.82, 2.24) is 20.0 Å². The maximum atomic E-state index is 13.6. The maximum absolute atomic E-state index is 13.6. The molecule has 6 heteroatoms. The number of hydrogen-bond donors (Lipinski definition) is 1. The molecule has 1 aliphatic heterocycles. The highest BCUT2D eigenvalue weighted by molar-refractivity contribution is 6.05. The van der Waals surface area contributed by atoms with Crippen molar-refractivity contribution in [2.75, 3.05) is 13.1 Å². The fourth-order valence-electron chi connectivity index (χ4n) is 4.38. The second kappa shape index (κ2) is 10.9. The summed E-state index contributed by atoms with van der Waals surface area (Å²) in [6.07, 6.45) is 6.70. The SMILES string of the molecule is O=C(N/C(=C\c1cn(-c2ccccc2)nc1-c1ccccc1)C(=O)N1CCCCC1)c1ccccc1. The van der Waals surface area contributed by atoms with Crippen molar-refractivity contribution in [3.8, 4) is 16.9 Å². The average Bonchev–Trinajstić information content (AvgIpc) is 3.38. The van der Waals surface area contributed by atoms with Gasteiger partial charge in [0.1, 0.15) is 11.4 Å². The molecule has 5 rings (SSSR count). The molecule has 0 atom stereocenters. The van der Waals surface area contributed by atoms with E-state index in [0.29, 0.717) is 18.7 Å². The third-order valence-electron chi connectivity index (χ3n) is 6.27. The molecule has 4 aromatic rings. The Hall–Kier alpha value is -4.45. The molecule has 0 spiro atoms. The zero-order valence-corrected chi connectivity index (χ0v) is 20.0. The van der Waals surface area contributed by atoms with Crippen LogP contribution in [0.3, 0.4) is 0 Å². The fraction of sp³-hybridized carbons (Fsp3) is 0.167. The van der Waals surface area contributed by atoms with Crippen LogP contribution in [0, 0.1) is 0 Å². The number of piperidine rings is 1. The Morgan fingerprint density at radius 1 is 0.778 bits per heavy atom. The van der Waals surface area contributed by atoms with Crippen molar-refractivity contribution in [3.05, 3.63) is 114 Å². The molecular weight excluding hydrogens is 448 g/mol. The van der Waals surface area contributed by atoms with Crippen molar-refractivity contribution >= 4 is 17.9 Å². The predicted octanol–water partition coefficient (Wildman–Crippen LogP) is 5.32. The summed E-state index contributed by atoms with van der Waals surface area (Å²) >= 11 is 0. The van der Waals surface area contributed by atoms with Gasteiger partial charge in [-0.1, -0.05) is 66.7 Å². The van der Waals surface area contributed by atoms with Crippen LogP contribution in [0.2, 0.25) is 0 Å². The number of amides is 2. The number of aromatic nitrogens is 2. The van der Waals surface area contributed by atoms with E-state index in [-0.39, 0.29) is 17.5 Å². The Labute approximate surface area is 210 Å². The molecular formula is C30H28N4O2.